The van der Waals surface area contributed by atoms with Crippen molar-refractivity contribution >= 4 is 11.4 Å². The highest BCUT2D eigenvalue weighted by atomic mass is 16.3. The van der Waals surface area contributed by atoms with E-state index in [2.05, 4.69) is 15.5 Å². The molecule has 1 amide bonds. The summed E-state index contributed by atoms with van der Waals surface area (Å²) >= 11 is 0. The van der Waals surface area contributed by atoms with Crippen molar-refractivity contribution in [2.24, 2.45) is 0 Å². The minimum Gasteiger partial charge on any atom is -0.390 e. The predicted molar refractivity (Wildman–Crippen MR) is 85.7 cm³/mol. The van der Waals surface area contributed by atoms with E-state index in [1.165, 1.54) is 4.68 Å². The minimum atomic E-state index is -0.695. The third kappa shape index (κ3) is 2.71. The van der Waals surface area contributed by atoms with E-state index in [-0.39, 0.29) is 24.1 Å². The predicted octanol–water partition coefficient (Wildman–Crippen LogP) is 0.106. The summed E-state index contributed by atoms with van der Waals surface area (Å²) < 4.78 is 2.75. The molecule has 0 aliphatic heterocycles. The first-order chi connectivity index (χ1) is 11.3. The van der Waals surface area contributed by atoms with Gasteiger partial charge in [0.1, 0.15) is 17.9 Å². The Balaban J connectivity index is 1.54. The van der Waals surface area contributed by atoms with Crippen LogP contribution in [-0.4, -0.2) is 42.1 Å². The highest BCUT2D eigenvalue weighted by Crippen LogP contribution is 2.39. The van der Waals surface area contributed by atoms with Crippen molar-refractivity contribution in [2.45, 2.75) is 63.6 Å². The Labute approximate surface area is 138 Å². The zero-order valence-corrected chi connectivity index (χ0v) is 13.8. The molecule has 128 valence electrons. The molecule has 0 bridgehead atoms. The molecule has 0 spiro atoms. The molecule has 2 aliphatic carbocycles. The second-order valence-electron chi connectivity index (χ2n) is 7.32. The number of amides is 1. The van der Waals surface area contributed by atoms with E-state index in [4.69, 9.17) is 0 Å². The first kappa shape index (κ1) is 15.3. The molecule has 0 unspecified atom stereocenters. The molecule has 8 heteroatoms. The number of hydrogen-bond acceptors (Lipinski definition) is 5. The van der Waals surface area contributed by atoms with Crippen LogP contribution in [0.15, 0.2) is 10.9 Å². The summed E-state index contributed by atoms with van der Waals surface area (Å²) in [5.41, 5.74) is 0.384. The van der Waals surface area contributed by atoms with E-state index in [9.17, 15) is 14.7 Å². The van der Waals surface area contributed by atoms with Gasteiger partial charge in [-0.3, -0.25) is 9.59 Å². The second-order valence-corrected chi connectivity index (χ2v) is 7.32. The molecule has 24 heavy (non-hydrogen) atoms. The summed E-state index contributed by atoms with van der Waals surface area (Å²) in [6.07, 6.45) is 3.29. The van der Waals surface area contributed by atoms with Crippen LogP contribution in [0, 0.1) is 6.92 Å². The Hall–Kier alpha value is -2.22. The summed E-state index contributed by atoms with van der Waals surface area (Å²) in [7, 11) is 0. The quantitative estimate of drug-likeness (QED) is 0.828. The number of hydrogen-bond donors (Lipinski definition) is 2. The van der Waals surface area contributed by atoms with Gasteiger partial charge >= 0.3 is 0 Å². The van der Waals surface area contributed by atoms with Crippen LogP contribution in [0.25, 0.3) is 5.52 Å². The van der Waals surface area contributed by atoms with E-state index in [0.717, 1.165) is 18.5 Å². The molecule has 4 rings (SSSR count). The van der Waals surface area contributed by atoms with Crippen LogP contribution in [0.1, 0.15) is 50.0 Å². The van der Waals surface area contributed by atoms with Gasteiger partial charge in [-0.1, -0.05) is 0 Å². The van der Waals surface area contributed by atoms with Crippen LogP contribution >= 0.6 is 0 Å². The number of aromatic nitrogens is 4. The summed E-state index contributed by atoms with van der Waals surface area (Å²) in [6.45, 7) is 3.39. The second kappa shape index (κ2) is 5.14. The molecule has 0 saturated heterocycles. The van der Waals surface area contributed by atoms with Crippen molar-refractivity contribution in [3.05, 3.63) is 27.9 Å². The number of carbonyl (C=O) groups excluding carboxylic acids is 1. The number of aryl methyl sites for hydroxylation is 1. The SMILES string of the molecule is Cc1nn(CC(=O)NC2CC(C)(O)C2)c(=O)c2cc(C3CC3)nn12. The third-order valence-electron chi connectivity index (χ3n) is 4.78. The molecular formula is C16H21N5O3. The maximum Gasteiger partial charge on any atom is 0.293 e. The Bertz CT molecular complexity index is 870. The average molecular weight is 331 g/mol. The van der Waals surface area contributed by atoms with Gasteiger partial charge in [0.25, 0.3) is 5.56 Å². The average Bonchev–Trinajstić information content (AvgIpc) is 3.21. The molecule has 2 aliphatic rings. The largest absolute Gasteiger partial charge is 0.390 e. The van der Waals surface area contributed by atoms with Crippen LogP contribution in [0.3, 0.4) is 0 Å². The Kier molecular flexibility index (Phi) is 3.28. The zero-order chi connectivity index (χ0) is 17.1. The fraction of sp³-hybridized carbons (Fsp3) is 0.625. The number of aliphatic hydroxyl groups is 1. The maximum atomic E-state index is 12.6. The maximum absolute atomic E-state index is 12.6. The van der Waals surface area contributed by atoms with Crippen molar-refractivity contribution in [2.75, 3.05) is 0 Å². The van der Waals surface area contributed by atoms with Gasteiger partial charge in [-0.05, 0) is 45.6 Å². The van der Waals surface area contributed by atoms with Gasteiger partial charge in [-0.2, -0.15) is 10.2 Å². The molecular weight excluding hydrogens is 310 g/mol. The van der Waals surface area contributed by atoms with Gasteiger partial charge in [0.05, 0.1) is 11.3 Å². The van der Waals surface area contributed by atoms with E-state index in [0.29, 0.717) is 30.1 Å². The van der Waals surface area contributed by atoms with Gasteiger partial charge in [-0.25, -0.2) is 9.20 Å². The molecule has 2 fully saturated rings. The van der Waals surface area contributed by atoms with Gasteiger partial charge < -0.3 is 10.4 Å². The number of fused-ring (bicyclic) bond motifs is 1. The number of nitrogens with one attached hydrogen (secondary N) is 1. The third-order valence-corrected chi connectivity index (χ3v) is 4.78. The fourth-order valence-electron chi connectivity index (χ4n) is 3.39. The lowest BCUT2D eigenvalue weighted by atomic mass is 9.77. The van der Waals surface area contributed by atoms with Crippen molar-refractivity contribution in [3.63, 3.8) is 0 Å². The molecule has 2 heterocycles. The lowest BCUT2D eigenvalue weighted by Gasteiger charge is -2.41. The lowest BCUT2D eigenvalue weighted by molar-refractivity contribution is -0.125. The molecule has 0 radical (unpaired) electrons. The standard InChI is InChI=1S/C16H21N5O3/c1-9-18-20(8-14(22)17-11-6-16(2,24)7-11)15(23)13-5-12(10-3-4-10)19-21(9)13/h5,10-11,24H,3-4,6-8H2,1-2H3,(H,17,22). The Morgan fingerprint density at radius 3 is 2.75 bits per heavy atom. The van der Waals surface area contributed by atoms with Crippen molar-refractivity contribution in [1.29, 1.82) is 0 Å². The monoisotopic (exact) mass is 331 g/mol. The molecule has 0 aromatic carbocycles. The summed E-state index contributed by atoms with van der Waals surface area (Å²) in [6, 6.07) is 1.77. The number of rotatable bonds is 4. The minimum absolute atomic E-state index is 0.0375. The highest BCUT2D eigenvalue weighted by molar-refractivity contribution is 5.76. The summed E-state index contributed by atoms with van der Waals surface area (Å²) in [5.74, 6) is 0.763. The van der Waals surface area contributed by atoms with Gasteiger partial charge in [-0.15, -0.1) is 0 Å². The van der Waals surface area contributed by atoms with Crippen molar-refractivity contribution < 1.29 is 9.90 Å². The van der Waals surface area contributed by atoms with Crippen molar-refractivity contribution in [3.8, 4) is 0 Å². The summed E-state index contributed by atoms with van der Waals surface area (Å²) in [5, 5.41) is 21.2. The zero-order valence-electron chi connectivity index (χ0n) is 13.8. The van der Waals surface area contributed by atoms with Crippen molar-refractivity contribution in [1.82, 2.24) is 24.7 Å². The summed E-state index contributed by atoms with van der Waals surface area (Å²) in [4.78, 5) is 24.7. The fourth-order valence-corrected chi connectivity index (χ4v) is 3.39. The molecule has 8 nitrogen and oxygen atoms in total. The Morgan fingerprint density at radius 1 is 1.42 bits per heavy atom. The van der Waals surface area contributed by atoms with Crippen LogP contribution in [-0.2, 0) is 11.3 Å². The molecule has 2 N–H and O–H groups in total. The Morgan fingerprint density at radius 2 is 2.12 bits per heavy atom. The first-order valence-electron chi connectivity index (χ1n) is 8.31. The van der Waals surface area contributed by atoms with Crippen LogP contribution < -0.4 is 10.9 Å². The molecule has 0 atom stereocenters. The first-order valence-corrected chi connectivity index (χ1v) is 8.31. The van der Waals surface area contributed by atoms with Crippen LogP contribution in [0.5, 0.6) is 0 Å². The van der Waals surface area contributed by atoms with Gasteiger partial charge in [0, 0.05) is 12.0 Å². The lowest BCUT2D eigenvalue weighted by Crippen LogP contribution is -2.54. The molecule has 2 aromatic rings. The van der Waals surface area contributed by atoms with Gasteiger partial charge in [0.2, 0.25) is 5.91 Å². The molecule has 2 aromatic heterocycles. The van der Waals surface area contributed by atoms with E-state index in [1.807, 2.05) is 6.07 Å². The smallest absolute Gasteiger partial charge is 0.293 e. The highest BCUT2D eigenvalue weighted by Gasteiger charge is 2.39. The number of carbonyl (C=O) groups is 1. The van der Waals surface area contributed by atoms with E-state index in [1.54, 1.807) is 18.4 Å². The normalized spacial score (nSPS) is 26.4. The van der Waals surface area contributed by atoms with Crippen LogP contribution in [0.2, 0.25) is 0 Å². The topological polar surface area (TPSA) is 102 Å². The number of nitrogens with zero attached hydrogens (tertiary/aromatic N) is 4. The van der Waals surface area contributed by atoms with E-state index >= 15 is 0 Å². The van der Waals surface area contributed by atoms with Crippen LogP contribution in [0.4, 0.5) is 0 Å². The van der Waals surface area contributed by atoms with E-state index < -0.39 is 5.60 Å². The molecule has 2 saturated carbocycles. The van der Waals surface area contributed by atoms with Gasteiger partial charge in [0.15, 0.2) is 0 Å².